The lowest BCUT2D eigenvalue weighted by molar-refractivity contribution is -0.138. The van der Waals surface area contributed by atoms with E-state index in [1.165, 1.54) is 16.7 Å². The number of anilines is 1. The van der Waals surface area contributed by atoms with Crippen LogP contribution >= 0.6 is 11.8 Å². The van der Waals surface area contributed by atoms with E-state index in [-0.39, 0.29) is 30.6 Å². The van der Waals surface area contributed by atoms with E-state index >= 15 is 0 Å². The van der Waals surface area contributed by atoms with Crippen molar-refractivity contribution in [3.05, 3.63) is 59.7 Å². The summed E-state index contributed by atoms with van der Waals surface area (Å²) < 4.78 is 0. The molecular weight excluding hydrogens is 380 g/mol. The molecule has 1 heterocycles. The molecule has 2 N–H and O–H groups in total. The van der Waals surface area contributed by atoms with E-state index in [0.29, 0.717) is 29.1 Å². The summed E-state index contributed by atoms with van der Waals surface area (Å²) in [5, 5.41) is 11.2. The van der Waals surface area contributed by atoms with E-state index in [9.17, 15) is 19.2 Å². The average molecular weight is 398 g/mol. The lowest BCUT2D eigenvalue weighted by Gasteiger charge is -2.13. The van der Waals surface area contributed by atoms with Crippen molar-refractivity contribution in [3.8, 4) is 0 Å². The Morgan fingerprint density at radius 2 is 1.54 bits per heavy atom. The Labute approximate surface area is 165 Å². The number of thioether (sulfide) groups is 1. The van der Waals surface area contributed by atoms with Gasteiger partial charge in [-0.1, -0.05) is 12.1 Å². The van der Waals surface area contributed by atoms with Gasteiger partial charge >= 0.3 is 5.97 Å². The Morgan fingerprint density at radius 1 is 0.929 bits per heavy atom. The Bertz CT molecular complexity index is 891. The number of aliphatic carboxylic acids is 1. The topological polar surface area (TPSA) is 104 Å². The molecule has 7 nitrogen and oxygen atoms in total. The van der Waals surface area contributed by atoms with Gasteiger partial charge in [0.2, 0.25) is 5.91 Å². The molecule has 0 saturated carbocycles. The van der Waals surface area contributed by atoms with Gasteiger partial charge < -0.3 is 10.4 Å². The SMILES string of the molecule is O=C(O)CCC(=O)Nc1ccc(SCCN2C(=O)c3ccccc3C2=O)cc1. The van der Waals surface area contributed by atoms with Crippen molar-refractivity contribution in [1.29, 1.82) is 0 Å². The van der Waals surface area contributed by atoms with Crippen LogP contribution in [0.15, 0.2) is 53.4 Å². The summed E-state index contributed by atoms with van der Waals surface area (Å²) in [4.78, 5) is 48.9. The third kappa shape index (κ3) is 4.58. The van der Waals surface area contributed by atoms with Crippen LogP contribution in [0.3, 0.4) is 0 Å². The van der Waals surface area contributed by atoms with E-state index in [2.05, 4.69) is 5.32 Å². The molecular formula is C20H18N2O5S. The van der Waals surface area contributed by atoms with Crippen LogP contribution < -0.4 is 5.32 Å². The van der Waals surface area contributed by atoms with Crippen LogP contribution in [-0.2, 0) is 9.59 Å². The van der Waals surface area contributed by atoms with Gasteiger partial charge in [0, 0.05) is 29.3 Å². The van der Waals surface area contributed by atoms with E-state index < -0.39 is 5.97 Å². The summed E-state index contributed by atoms with van der Waals surface area (Å²) in [6.07, 6.45) is -0.288. The van der Waals surface area contributed by atoms with E-state index in [1.807, 2.05) is 12.1 Å². The van der Waals surface area contributed by atoms with Crippen LogP contribution in [0.2, 0.25) is 0 Å². The number of hydrogen-bond donors (Lipinski definition) is 2. The molecule has 1 aliphatic rings. The number of carbonyl (C=O) groups excluding carboxylic acids is 3. The second-order valence-corrected chi connectivity index (χ2v) is 7.29. The number of fused-ring (bicyclic) bond motifs is 1. The van der Waals surface area contributed by atoms with Gasteiger partial charge in [-0.25, -0.2) is 0 Å². The normalized spacial score (nSPS) is 12.8. The molecule has 0 saturated heterocycles. The quantitative estimate of drug-likeness (QED) is 0.523. The highest BCUT2D eigenvalue weighted by molar-refractivity contribution is 7.99. The average Bonchev–Trinajstić information content (AvgIpc) is 2.93. The molecule has 0 atom stereocenters. The number of rotatable bonds is 8. The van der Waals surface area contributed by atoms with Crippen LogP contribution in [0, 0.1) is 0 Å². The first kappa shape index (κ1) is 19.6. The summed E-state index contributed by atoms with van der Waals surface area (Å²) in [7, 11) is 0. The number of hydrogen-bond acceptors (Lipinski definition) is 5. The van der Waals surface area contributed by atoms with Gasteiger partial charge in [-0.15, -0.1) is 11.8 Å². The van der Waals surface area contributed by atoms with Gasteiger partial charge in [-0.2, -0.15) is 0 Å². The van der Waals surface area contributed by atoms with Crippen LogP contribution in [-0.4, -0.2) is 46.0 Å². The van der Waals surface area contributed by atoms with E-state index in [4.69, 9.17) is 5.11 Å². The zero-order valence-corrected chi connectivity index (χ0v) is 15.7. The molecule has 28 heavy (non-hydrogen) atoms. The molecule has 0 unspecified atom stereocenters. The highest BCUT2D eigenvalue weighted by Gasteiger charge is 2.34. The first-order valence-electron chi connectivity index (χ1n) is 8.65. The van der Waals surface area contributed by atoms with Gasteiger partial charge in [0.15, 0.2) is 0 Å². The van der Waals surface area contributed by atoms with Crippen LogP contribution in [0.1, 0.15) is 33.6 Å². The Hall–Kier alpha value is -3.13. The van der Waals surface area contributed by atoms with E-state index in [1.54, 1.807) is 36.4 Å². The zero-order valence-electron chi connectivity index (χ0n) is 14.9. The van der Waals surface area contributed by atoms with Crippen molar-refractivity contribution in [2.45, 2.75) is 17.7 Å². The molecule has 0 fully saturated rings. The number of nitrogens with one attached hydrogen (secondary N) is 1. The first-order valence-corrected chi connectivity index (χ1v) is 9.64. The van der Waals surface area contributed by atoms with Gasteiger partial charge in [-0.05, 0) is 36.4 Å². The van der Waals surface area contributed by atoms with Crippen LogP contribution in [0.4, 0.5) is 5.69 Å². The molecule has 0 bridgehead atoms. The van der Waals surface area contributed by atoms with Crippen molar-refractivity contribution in [3.63, 3.8) is 0 Å². The number of imide groups is 1. The molecule has 0 aliphatic carbocycles. The number of benzene rings is 2. The summed E-state index contributed by atoms with van der Waals surface area (Å²) in [5.41, 5.74) is 1.47. The fraction of sp³-hybridized carbons (Fsp3) is 0.200. The summed E-state index contributed by atoms with van der Waals surface area (Å²) >= 11 is 1.50. The van der Waals surface area contributed by atoms with Crippen molar-refractivity contribution < 1.29 is 24.3 Å². The van der Waals surface area contributed by atoms with Gasteiger partial charge in [0.25, 0.3) is 11.8 Å². The summed E-state index contributed by atoms with van der Waals surface area (Å²) in [5.74, 6) is -1.34. The molecule has 1 aliphatic heterocycles. The Morgan fingerprint density at radius 3 is 2.11 bits per heavy atom. The highest BCUT2D eigenvalue weighted by Crippen LogP contribution is 2.25. The lowest BCUT2D eigenvalue weighted by atomic mass is 10.1. The maximum absolute atomic E-state index is 12.3. The van der Waals surface area contributed by atoms with Gasteiger partial charge in [-0.3, -0.25) is 24.1 Å². The Balaban J connectivity index is 1.48. The summed E-state index contributed by atoms with van der Waals surface area (Å²) in [6, 6.07) is 13.9. The third-order valence-corrected chi connectivity index (χ3v) is 5.16. The van der Waals surface area contributed by atoms with Crippen molar-refractivity contribution in [2.24, 2.45) is 0 Å². The molecule has 0 radical (unpaired) electrons. The second-order valence-electron chi connectivity index (χ2n) is 6.12. The number of amides is 3. The number of carboxylic acid groups (broad SMARTS) is 1. The third-order valence-electron chi connectivity index (χ3n) is 4.17. The van der Waals surface area contributed by atoms with E-state index in [0.717, 1.165) is 4.90 Å². The molecule has 2 aromatic rings. The molecule has 0 spiro atoms. The number of carboxylic acids is 1. The largest absolute Gasteiger partial charge is 0.481 e. The molecule has 2 aromatic carbocycles. The van der Waals surface area contributed by atoms with Crippen molar-refractivity contribution in [1.82, 2.24) is 4.90 Å². The lowest BCUT2D eigenvalue weighted by Crippen LogP contribution is -2.31. The van der Waals surface area contributed by atoms with Gasteiger partial charge in [0.05, 0.1) is 17.5 Å². The molecule has 0 aromatic heterocycles. The molecule has 8 heteroatoms. The molecule has 3 amide bonds. The minimum absolute atomic E-state index is 0.0773. The van der Waals surface area contributed by atoms with Crippen LogP contribution in [0.5, 0.6) is 0 Å². The minimum Gasteiger partial charge on any atom is -0.481 e. The smallest absolute Gasteiger partial charge is 0.303 e. The fourth-order valence-electron chi connectivity index (χ4n) is 2.78. The van der Waals surface area contributed by atoms with Crippen LogP contribution in [0.25, 0.3) is 0 Å². The highest BCUT2D eigenvalue weighted by atomic mass is 32.2. The second kappa shape index (κ2) is 8.71. The standard InChI is InChI=1S/C20H18N2O5S/c23-17(9-10-18(24)25)21-13-5-7-14(8-6-13)28-12-11-22-19(26)15-3-1-2-4-16(15)20(22)27/h1-8H,9-12H2,(H,21,23)(H,24,25). The number of nitrogens with zero attached hydrogens (tertiary/aromatic N) is 1. The van der Waals surface area contributed by atoms with Crippen molar-refractivity contribution in [2.75, 3.05) is 17.6 Å². The predicted octanol–water partition coefficient (Wildman–Crippen LogP) is 2.88. The number of carbonyl (C=O) groups is 4. The molecule has 144 valence electrons. The first-order chi connectivity index (χ1) is 13.5. The molecule has 3 rings (SSSR count). The monoisotopic (exact) mass is 398 g/mol. The van der Waals surface area contributed by atoms with Crippen molar-refractivity contribution >= 4 is 41.1 Å². The minimum atomic E-state index is -1.01. The Kier molecular flexibility index (Phi) is 6.10. The predicted molar refractivity (Wildman–Crippen MR) is 104 cm³/mol. The van der Waals surface area contributed by atoms with Gasteiger partial charge in [0.1, 0.15) is 0 Å². The summed E-state index contributed by atoms with van der Waals surface area (Å²) in [6.45, 7) is 0.310. The zero-order chi connectivity index (χ0) is 20.1. The fourth-order valence-corrected chi connectivity index (χ4v) is 3.61. The maximum Gasteiger partial charge on any atom is 0.303 e. The maximum atomic E-state index is 12.3.